The number of nitro benzene ring substituents is 1. The number of amides is 2. The molecule has 0 saturated carbocycles. The fraction of sp³-hybridized carbons (Fsp3) is 0.222. The molecule has 0 saturated heterocycles. The predicted octanol–water partition coefficient (Wildman–Crippen LogP) is 2.55. The van der Waals surface area contributed by atoms with Gasteiger partial charge in [-0.25, -0.2) is 4.39 Å². The maximum Gasteiger partial charge on any atom is 0.269 e. The van der Waals surface area contributed by atoms with Crippen LogP contribution in [0.3, 0.4) is 0 Å². The van der Waals surface area contributed by atoms with Gasteiger partial charge in [-0.2, -0.15) is 0 Å². The number of nitro groups is 1. The van der Waals surface area contributed by atoms with Crippen molar-refractivity contribution in [3.8, 4) is 0 Å². The second-order valence-electron chi connectivity index (χ2n) is 6.03. The smallest absolute Gasteiger partial charge is 0.269 e. The first-order valence-corrected chi connectivity index (χ1v) is 8.03. The average molecular weight is 374 g/mol. The third-order valence-corrected chi connectivity index (χ3v) is 3.65. The fourth-order valence-electron chi connectivity index (χ4n) is 2.37. The van der Waals surface area contributed by atoms with Gasteiger partial charge < -0.3 is 10.6 Å². The molecule has 27 heavy (non-hydrogen) atoms. The Morgan fingerprint density at radius 1 is 1.07 bits per heavy atom. The molecule has 0 atom stereocenters. The van der Waals surface area contributed by atoms with Crippen molar-refractivity contribution < 1.29 is 18.9 Å². The lowest BCUT2D eigenvalue weighted by atomic mass is 10.2. The van der Waals surface area contributed by atoms with Crippen molar-refractivity contribution in [1.82, 2.24) is 4.90 Å². The molecule has 0 aliphatic heterocycles. The number of carbonyl (C=O) groups excluding carboxylic acids is 2. The van der Waals surface area contributed by atoms with Crippen LogP contribution in [0.15, 0.2) is 42.5 Å². The maximum atomic E-state index is 12.8. The predicted molar refractivity (Wildman–Crippen MR) is 99.0 cm³/mol. The number of non-ortho nitro benzene ring substituents is 1. The van der Waals surface area contributed by atoms with Crippen LogP contribution in [-0.4, -0.2) is 41.8 Å². The van der Waals surface area contributed by atoms with E-state index in [9.17, 15) is 24.1 Å². The van der Waals surface area contributed by atoms with Gasteiger partial charge in [0, 0.05) is 23.5 Å². The van der Waals surface area contributed by atoms with E-state index in [1.54, 1.807) is 14.0 Å². The molecule has 0 fully saturated rings. The largest absolute Gasteiger partial charge is 0.325 e. The molecule has 2 rings (SSSR count). The summed E-state index contributed by atoms with van der Waals surface area (Å²) in [7, 11) is 1.60. The monoisotopic (exact) mass is 374 g/mol. The summed E-state index contributed by atoms with van der Waals surface area (Å²) < 4.78 is 12.8. The number of hydrogen-bond donors (Lipinski definition) is 2. The Kier molecular flexibility index (Phi) is 6.56. The lowest BCUT2D eigenvalue weighted by molar-refractivity contribution is -0.384. The lowest BCUT2D eigenvalue weighted by Gasteiger charge is -2.16. The molecule has 2 amide bonds. The number of anilines is 2. The summed E-state index contributed by atoms with van der Waals surface area (Å²) in [6, 6.07) is 9.50. The van der Waals surface area contributed by atoms with Crippen LogP contribution >= 0.6 is 0 Å². The van der Waals surface area contributed by atoms with Gasteiger partial charge in [0.1, 0.15) is 5.82 Å². The van der Waals surface area contributed by atoms with Crippen LogP contribution in [0.25, 0.3) is 0 Å². The first-order valence-electron chi connectivity index (χ1n) is 8.03. The minimum absolute atomic E-state index is 0.0377. The standard InChI is InChI=1S/C18H19FN4O4/c1-12-9-15(23(26)27)7-8-16(12)21-18(25)11-22(2)10-17(24)20-14-5-3-13(19)4-6-14/h3-9H,10-11H2,1-2H3,(H,20,24)(H,21,25). The zero-order chi connectivity index (χ0) is 20.0. The topological polar surface area (TPSA) is 105 Å². The van der Waals surface area contributed by atoms with Gasteiger partial charge in [-0.15, -0.1) is 0 Å². The summed E-state index contributed by atoms with van der Waals surface area (Å²) in [6.07, 6.45) is 0. The Labute approximate surface area is 155 Å². The number of carbonyl (C=O) groups is 2. The van der Waals surface area contributed by atoms with Gasteiger partial charge in [-0.3, -0.25) is 24.6 Å². The second-order valence-corrected chi connectivity index (χ2v) is 6.03. The molecule has 2 aromatic rings. The number of halogens is 1. The summed E-state index contributed by atoms with van der Waals surface area (Å²) in [4.78, 5) is 35.8. The van der Waals surface area contributed by atoms with Crippen LogP contribution in [0, 0.1) is 22.9 Å². The zero-order valence-electron chi connectivity index (χ0n) is 14.9. The van der Waals surface area contributed by atoms with E-state index >= 15 is 0 Å². The van der Waals surface area contributed by atoms with Gasteiger partial charge in [0.15, 0.2) is 0 Å². The summed E-state index contributed by atoms with van der Waals surface area (Å²) >= 11 is 0. The molecule has 8 nitrogen and oxygen atoms in total. The highest BCUT2D eigenvalue weighted by Gasteiger charge is 2.13. The molecule has 0 aliphatic rings. The Bertz CT molecular complexity index is 855. The van der Waals surface area contributed by atoms with E-state index in [0.717, 1.165) is 0 Å². The molecular formula is C18H19FN4O4. The quantitative estimate of drug-likeness (QED) is 0.572. The molecule has 0 unspecified atom stereocenters. The molecule has 0 bridgehead atoms. The number of hydrogen-bond acceptors (Lipinski definition) is 5. The Hall–Kier alpha value is -3.33. The molecule has 0 spiro atoms. The van der Waals surface area contributed by atoms with Crippen molar-refractivity contribution in [2.75, 3.05) is 30.8 Å². The van der Waals surface area contributed by atoms with Crippen molar-refractivity contribution >= 4 is 28.9 Å². The molecule has 2 N–H and O–H groups in total. The van der Waals surface area contributed by atoms with Gasteiger partial charge >= 0.3 is 0 Å². The number of likely N-dealkylation sites (N-methyl/N-ethyl adjacent to an activating group) is 1. The highest BCUT2D eigenvalue weighted by Crippen LogP contribution is 2.21. The highest BCUT2D eigenvalue weighted by molar-refractivity contribution is 5.95. The third kappa shape index (κ3) is 6.15. The third-order valence-electron chi connectivity index (χ3n) is 3.65. The van der Waals surface area contributed by atoms with Crippen LogP contribution in [0.2, 0.25) is 0 Å². The fourth-order valence-corrected chi connectivity index (χ4v) is 2.37. The molecule has 2 aromatic carbocycles. The molecule has 0 aromatic heterocycles. The number of nitrogens with zero attached hydrogens (tertiary/aromatic N) is 2. The second kappa shape index (κ2) is 8.86. The Morgan fingerprint density at radius 2 is 1.67 bits per heavy atom. The molecule has 0 heterocycles. The Balaban J connectivity index is 1.85. The molecule has 0 aliphatic carbocycles. The normalized spacial score (nSPS) is 10.5. The van der Waals surface area contributed by atoms with Crippen molar-refractivity contribution in [2.45, 2.75) is 6.92 Å². The number of benzene rings is 2. The lowest BCUT2D eigenvalue weighted by Crippen LogP contribution is -2.36. The van der Waals surface area contributed by atoms with Gasteiger partial charge in [-0.05, 0) is 49.9 Å². The van der Waals surface area contributed by atoms with Gasteiger partial charge in [0.05, 0.1) is 18.0 Å². The van der Waals surface area contributed by atoms with Gasteiger partial charge in [0.2, 0.25) is 11.8 Å². The number of rotatable bonds is 7. The van der Waals surface area contributed by atoms with Gasteiger partial charge in [-0.1, -0.05) is 0 Å². The van der Waals surface area contributed by atoms with E-state index < -0.39 is 10.7 Å². The van der Waals surface area contributed by atoms with Crippen LogP contribution in [-0.2, 0) is 9.59 Å². The van der Waals surface area contributed by atoms with Crippen molar-refractivity contribution in [2.24, 2.45) is 0 Å². The summed E-state index contributed by atoms with van der Waals surface area (Å²) in [5, 5.41) is 16.0. The van der Waals surface area contributed by atoms with E-state index in [2.05, 4.69) is 10.6 Å². The van der Waals surface area contributed by atoms with E-state index in [-0.39, 0.29) is 30.6 Å². The number of aryl methyl sites for hydroxylation is 1. The molecule has 142 valence electrons. The summed E-state index contributed by atoms with van der Waals surface area (Å²) in [5.74, 6) is -1.10. The minimum atomic E-state index is -0.508. The van der Waals surface area contributed by atoms with Crippen LogP contribution in [0.5, 0.6) is 0 Å². The van der Waals surface area contributed by atoms with Crippen molar-refractivity contribution in [1.29, 1.82) is 0 Å². The highest BCUT2D eigenvalue weighted by atomic mass is 19.1. The zero-order valence-corrected chi connectivity index (χ0v) is 14.9. The van der Waals surface area contributed by atoms with E-state index in [1.807, 2.05) is 0 Å². The van der Waals surface area contributed by atoms with Crippen molar-refractivity contribution in [3.63, 3.8) is 0 Å². The van der Waals surface area contributed by atoms with E-state index in [4.69, 9.17) is 0 Å². The first kappa shape index (κ1) is 20.0. The molecular weight excluding hydrogens is 355 g/mol. The SMILES string of the molecule is Cc1cc([N+](=O)[O-])ccc1NC(=O)CN(C)CC(=O)Nc1ccc(F)cc1. The van der Waals surface area contributed by atoms with Crippen LogP contribution < -0.4 is 10.6 Å². The van der Waals surface area contributed by atoms with Gasteiger partial charge in [0.25, 0.3) is 5.69 Å². The maximum absolute atomic E-state index is 12.8. The molecule has 9 heteroatoms. The average Bonchev–Trinajstić information content (AvgIpc) is 2.58. The van der Waals surface area contributed by atoms with E-state index in [1.165, 1.54) is 47.4 Å². The summed E-state index contributed by atoms with van der Waals surface area (Å²) in [5.41, 5.74) is 1.44. The Morgan fingerprint density at radius 3 is 2.22 bits per heavy atom. The molecule has 0 radical (unpaired) electrons. The van der Waals surface area contributed by atoms with Crippen LogP contribution in [0.4, 0.5) is 21.5 Å². The summed E-state index contributed by atoms with van der Waals surface area (Å²) in [6.45, 7) is 1.57. The number of nitrogens with one attached hydrogen (secondary N) is 2. The van der Waals surface area contributed by atoms with E-state index in [0.29, 0.717) is 16.9 Å². The minimum Gasteiger partial charge on any atom is -0.325 e. The van der Waals surface area contributed by atoms with Crippen LogP contribution in [0.1, 0.15) is 5.56 Å². The van der Waals surface area contributed by atoms with Crippen molar-refractivity contribution in [3.05, 3.63) is 64.0 Å². The first-order chi connectivity index (χ1) is 12.7.